The summed E-state index contributed by atoms with van der Waals surface area (Å²) >= 11 is 0. The van der Waals surface area contributed by atoms with Crippen molar-refractivity contribution < 1.29 is 5.11 Å². The number of aliphatic hydroxyl groups excluding tert-OH is 1. The highest BCUT2D eigenvalue weighted by molar-refractivity contribution is 5.45. The molecule has 106 valence electrons. The predicted octanol–water partition coefficient (Wildman–Crippen LogP) is 3.01. The molecule has 1 saturated carbocycles. The van der Waals surface area contributed by atoms with Crippen LogP contribution >= 0.6 is 0 Å². The second-order valence-corrected chi connectivity index (χ2v) is 5.29. The molecule has 2 unspecified atom stereocenters. The molecule has 19 heavy (non-hydrogen) atoms. The Morgan fingerprint density at radius 3 is 2.84 bits per heavy atom. The molecule has 1 heterocycles. The van der Waals surface area contributed by atoms with Crippen LogP contribution in [0.1, 0.15) is 45.4 Å². The summed E-state index contributed by atoms with van der Waals surface area (Å²) in [5.41, 5.74) is 0. The van der Waals surface area contributed by atoms with Gasteiger partial charge < -0.3 is 15.7 Å². The minimum Gasteiger partial charge on any atom is -0.391 e. The zero-order valence-corrected chi connectivity index (χ0v) is 11.7. The predicted molar refractivity (Wildman–Crippen MR) is 79.5 cm³/mol. The van der Waals surface area contributed by atoms with E-state index in [0.29, 0.717) is 0 Å². The molecular weight excluding hydrogens is 238 g/mol. The van der Waals surface area contributed by atoms with Crippen molar-refractivity contribution in [2.45, 2.75) is 57.6 Å². The fourth-order valence-electron chi connectivity index (χ4n) is 2.51. The van der Waals surface area contributed by atoms with E-state index in [1.165, 1.54) is 12.8 Å². The lowest BCUT2D eigenvalue weighted by molar-refractivity contribution is 0.144. The number of aromatic nitrogens is 1. The summed E-state index contributed by atoms with van der Waals surface area (Å²) in [7, 11) is 0. The Bertz CT molecular complexity index is 383. The Labute approximate surface area is 115 Å². The molecule has 0 aromatic carbocycles. The lowest BCUT2D eigenvalue weighted by Crippen LogP contribution is -2.32. The average molecular weight is 263 g/mol. The molecule has 0 amide bonds. The minimum absolute atomic E-state index is 0.136. The van der Waals surface area contributed by atoms with Crippen molar-refractivity contribution in [3.63, 3.8) is 0 Å². The van der Waals surface area contributed by atoms with Gasteiger partial charge in [-0.1, -0.05) is 32.3 Å². The second kappa shape index (κ2) is 7.34. The Hall–Kier alpha value is -1.29. The summed E-state index contributed by atoms with van der Waals surface area (Å²) in [6, 6.07) is 6.08. The summed E-state index contributed by atoms with van der Waals surface area (Å²) in [5, 5.41) is 16.8. The molecule has 1 aromatic rings. The third-order valence-electron chi connectivity index (χ3n) is 3.62. The first-order chi connectivity index (χ1) is 9.29. The van der Waals surface area contributed by atoms with Crippen molar-refractivity contribution in [2.24, 2.45) is 0 Å². The first-order valence-electron chi connectivity index (χ1n) is 7.45. The molecule has 0 spiro atoms. The SMILES string of the molecule is CCCNc1cccc(NC2CCCCCC2O)n1. The van der Waals surface area contributed by atoms with Crippen molar-refractivity contribution in [3.05, 3.63) is 18.2 Å². The van der Waals surface area contributed by atoms with Gasteiger partial charge in [-0.2, -0.15) is 0 Å². The molecule has 0 saturated heterocycles. The first-order valence-corrected chi connectivity index (χ1v) is 7.45. The van der Waals surface area contributed by atoms with E-state index in [1.54, 1.807) is 0 Å². The third kappa shape index (κ3) is 4.39. The van der Waals surface area contributed by atoms with Crippen molar-refractivity contribution in [3.8, 4) is 0 Å². The molecule has 4 heteroatoms. The topological polar surface area (TPSA) is 57.2 Å². The summed E-state index contributed by atoms with van der Waals surface area (Å²) < 4.78 is 0. The first kappa shape index (κ1) is 14.1. The van der Waals surface area contributed by atoms with E-state index in [-0.39, 0.29) is 12.1 Å². The molecule has 4 nitrogen and oxygen atoms in total. The third-order valence-corrected chi connectivity index (χ3v) is 3.62. The fraction of sp³-hybridized carbons (Fsp3) is 0.667. The fourth-order valence-corrected chi connectivity index (χ4v) is 2.51. The quantitative estimate of drug-likeness (QED) is 0.715. The highest BCUT2D eigenvalue weighted by atomic mass is 16.3. The van der Waals surface area contributed by atoms with Crippen molar-refractivity contribution >= 4 is 11.6 Å². The number of anilines is 2. The summed E-state index contributed by atoms with van der Waals surface area (Å²) in [6.45, 7) is 3.07. The van der Waals surface area contributed by atoms with Gasteiger partial charge in [0.15, 0.2) is 0 Å². The van der Waals surface area contributed by atoms with Gasteiger partial charge in [-0.3, -0.25) is 0 Å². The van der Waals surface area contributed by atoms with Crippen LogP contribution in [0.15, 0.2) is 18.2 Å². The van der Waals surface area contributed by atoms with Crippen LogP contribution < -0.4 is 10.6 Å². The van der Waals surface area contributed by atoms with E-state index in [9.17, 15) is 5.11 Å². The Kier molecular flexibility index (Phi) is 5.45. The van der Waals surface area contributed by atoms with E-state index < -0.39 is 0 Å². The van der Waals surface area contributed by atoms with Crippen LogP contribution in [0, 0.1) is 0 Å². The number of hydrogen-bond donors (Lipinski definition) is 3. The van der Waals surface area contributed by atoms with Crippen molar-refractivity contribution in [1.29, 1.82) is 0 Å². The number of pyridine rings is 1. The maximum atomic E-state index is 10.1. The van der Waals surface area contributed by atoms with Crippen LogP contribution in [0.3, 0.4) is 0 Å². The van der Waals surface area contributed by atoms with Gasteiger partial charge in [-0.15, -0.1) is 0 Å². The van der Waals surface area contributed by atoms with Crippen LogP contribution in [0.4, 0.5) is 11.6 Å². The molecule has 2 rings (SSSR count). The maximum Gasteiger partial charge on any atom is 0.128 e. The Morgan fingerprint density at radius 2 is 2.00 bits per heavy atom. The largest absolute Gasteiger partial charge is 0.391 e. The van der Waals surface area contributed by atoms with Crippen LogP contribution in [0.5, 0.6) is 0 Å². The van der Waals surface area contributed by atoms with Crippen LogP contribution in [0.2, 0.25) is 0 Å². The number of hydrogen-bond acceptors (Lipinski definition) is 4. The lowest BCUT2D eigenvalue weighted by atomic mass is 10.1. The molecule has 1 aromatic heterocycles. The molecular formula is C15H25N3O. The van der Waals surface area contributed by atoms with Gasteiger partial charge in [0.05, 0.1) is 12.1 Å². The van der Waals surface area contributed by atoms with Gasteiger partial charge in [0.25, 0.3) is 0 Å². The van der Waals surface area contributed by atoms with E-state index in [4.69, 9.17) is 0 Å². The summed E-state index contributed by atoms with van der Waals surface area (Å²) in [4.78, 5) is 4.54. The van der Waals surface area contributed by atoms with Gasteiger partial charge in [0.2, 0.25) is 0 Å². The Balaban J connectivity index is 1.97. The highest BCUT2D eigenvalue weighted by Crippen LogP contribution is 2.21. The molecule has 1 aliphatic carbocycles. The van der Waals surface area contributed by atoms with Gasteiger partial charge in [0, 0.05) is 6.54 Å². The van der Waals surface area contributed by atoms with Crippen LogP contribution in [-0.2, 0) is 0 Å². The van der Waals surface area contributed by atoms with Crippen LogP contribution in [0.25, 0.3) is 0 Å². The average Bonchev–Trinajstić information content (AvgIpc) is 2.62. The molecule has 0 bridgehead atoms. The summed E-state index contributed by atoms with van der Waals surface area (Å²) in [6.07, 6.45) is 6.28. The van der Waals surface area contributed by atoms with Gasteiger partial charge in [0.1, 0.15) is 11.6 Å². The number of rotatable bonds is 5. The monoisotopic (exact) mass is 263 g/mol. The zero-order valence-electron chi connectivity index (χ0n) is 11.7. The minimum atomic E-state index is -0.253. The van der Waals surface area contributed by atoms with E-state index in [2.05, 4.69) is 22.5 Å². The number of aliphatic hydroxyl groups is 1. The normalized spacial score (nSPS) is 23.7. The lowest BCUT2D eigenvalue weighted by Gasteiger charge is -2.22. The van der Waals surface area contributed by atoms with E-state index >= 15 is 0 Å². The molecule has 3 N–H and O–H groups in total. The van der Waals surface area contributed by atoms with Crippen molar-refractivity contribution in [1.82, 2.24) is 4.98 Å². The van der Waals surface area contributed by atoms with Crippen molar-refractivity contribution in [2.75, 3.05) is 17.2 Å². The molecule has 0 aliphatic heterocycles. The number of nitrogens with zero attached hydrogens (tertiary/aromatic N) is 1. The highest BCUT2D eigenvalue weighted by Gasteiger charge is 2.21. The number of nitrogens with one attached hydrogen (secondary N) is 2. The van der Waals surface area contributed by atoms with E-state index in [1.807, 2.05) is 18.2 Å². The molecule has 0 radical (unpaired) electrons. The smallest absolute Gasteiger partial charge is 0.128 e. The molecule has 1 aliphatic rings. The maximum absolute atomic E-state index is 10.1. The second-order valence-electron chi connectivity index (χ2n) is 5.29. The van der Waals surface area contributed by atoms with Crippen LogP contribution in [-0.4, -0.2) is 28.8 Å². The Morgan fingerprint density at radius 1 is 1.21 bits per heavy atom. The zero-order chi connectivity index (χ0) is 13.5. The van der Waals surface area contributed by atoms with Gasteiger partial charge in [-0.05, 0) is 31.4 Å². The molecule has 1 fully saturated rings. The van der Waals surface area contributed by atoms with Gasteiger partial charge >= 0.3 is 0 Å². The summed E-state index contributed by atoms with van der Waals surface area (Å²) in [5.74, 6) is 1.75. The van der Waals surface area contributed by atoms with E-state index in [0.717, 1.165) is 43.9 Å². The van der Waals surface area contributed by atoms with Gasteiger partial charge in [-0.25, -0.2) is 4.98 Å². The standard InChI is InChI=1S/C15H25N3O/c1-2-11-16-14-9-6-10-15(18-14)17-12-7-4-3-5-8-13(12)19/h6,9-10,12-13,19H,2-5,7-8,11H2,1H3,(H2,16,17,18). The molecule has 2 atom stereocenters.